The van der Waals surface area contributed by atoms with Crippen LogP contribution in [0.5, 0.6) is 5.75 Å². The van der Waals surface area contributed by atoms with Crippen molar-refractivity contribution in [1.29, 1.82) is 0 Å². The van der Waals surface area contributed by atoms with E-state index in [1.54, 1.807) is 36.4 Å². The quantitative estimate of drug-likeness (QED) is 0.431. The van der Waals surface area contributed by atoms with E-state index in [2.05, 4.69) is 10.3 Å². The van der Waals surface area contributed by atoms with Crippen molar-refractivity contribution in [2.75, 3.05) is 23.9 Å². The third-order valence-electron chi connectivity index (χ3n) is 4.98. The highest BCUT2D eigenvalue weighted by atomic mass is 32.2. The predicted molar refractivity (Wildman–Crippen MR) is 118 cm³/mol. The molecule has 0 saturated heterocycles. The number of thioether (sulfide) groups is 1. The van der Waals surface area contributed by atoms with E-state index in [0.717, 1.165) is 16.6 Å². The fourth-order valence-corrected chi connectivity index (χ4v) is 4.36. The predicted octanol–water partition coefficient (Wildman–Crippen LogP) is 6.64. The zero-order chi connectivity index (χ0) is 21.7. The number of rotatable bonds is 8. The Morgan fingerprint density at radius 1 is 1.07 bits per heavy atom. The third kappa shape index (κ3) is 5.01. The van der Waals surface area contributed by atoms with E-state index in [1.165, 1.54) is 18.9 Å². The second-order valence-electron chi connectivity index (χ2n) is 7.00. The minimum Gasteiger partial charge on any atom is -0.496 e. The zero-order valence-corrected chi connectivity index (χ0v) is 18.0. The molecule has 1 N–H and O–H groups in total. The van der Waals surface area contributed by atoms with Gasteiger partial charge in [0.1, 0.15) is 5.75 Å². The number of halogens is 3. The highest BCUT2D eigenvalue weighted by Gasteiger charge is 2.46. The molecular formula is C23H25F3N2OS. The maximum Gasteiger partial charge on any atom is 0.394 e. The van der Waals surface area contributed by atoms with Crippen LogP contribution < -0.4 is 10.1 Å². The number of aryl methyl sites for hydroxylation is 1. The van der Waals surface area contributed by atoms with Crippen LogP contribution in [-0.2, 0) is 0 Å². The maximum atomic E-state index is 14.2. The lowest BCUT2D eigenvalue weighted by Crippen LogP contribution is -2.35. The summed E-state index contributed by atoms with van der Waals surface area (Å²) in [7, 11) is 1.48. The average Bonchev–Trinajstić information content (AvgIpc) is 2.72. The molecule has 3 aromatic rings. The number of anilines is 1. The van der Waals surface area contributed by atoms with Crippen molar-refractivity contribution in [2.45, 2.75) is 26.1 Å². The first-order valence-corrected chi connectivity index (χ1v) is 10.9. The minimum atomic E-state index is -4.37. The van der Waals surface area contributed by atoms with Gasteiger partial charge in [0.2, 0.25) is 0 Å². The second kappa shape index (κ2) is 9.60. The monoisotopic (exact) mass is 434 g/mol. The molecule has 0 aliphatic rings. The van der Waals surface area contributed by atoms with E-state index >= 15 is 0 Å². The lowest BCUT2D eigenvalue weighted by atomic mass is 9.92. The lowest BCUT2D eigenvalue weighted by Gasteiger charge is -2.32. The summed E-state index contributed by atoms with van der Waals surface area (Å²) in [6.45, 7) is 3.75. The van der Waals surface area contributed by atoms with Crippen molar-refractivity contribution in [1.82, 2.24) is 4.98 Å². The summed E-state index contributed by atoms with van der Waals surface area (Å²) < 4.78 is 47.9. The maximum absolute atomic E-state index is 14.2. The number of para-hydroxylation sites is 1. The van der Waals surface area contributed by atoms with Crippen LogP contribution >= 0.6 is 11.8 Å². The summed E-state index contributed by atoms with van der Waals surface area (Å²) in [5.41, 5.74) is 2.70. The Morgan fingerprint density at radius 2 is 1.83 bits per heavy atom. The number of hydrogen-bond donors (Lipinski definition) is 1. The fourth-order valence-electron chi connectivity index (χ4n) is 3.49. The molecule has 0 aliphatic carbocycles. The van der Waals surface area contributed by atoms with Crippen molar-refractivity contribution < 1.29 is 17.9 Å². The van der Waals surface area contributed by atoms with Crippen molar-refractivity contribution in [2.24, 2.45) is 5.92 Å². The number of hydrogen-bond acceptors (Lipinski definition) is 4. The molecule has 0 saturated carbocycles. The largest absolute Gasteiger partial charge is 0.496 e. The first-order chi connectivity index (χ1) is 14.3. The van der Waals surface area contributed by atoms with E-state index in [4.69, 9.17) is 4.74 Å². The summed E-state index contributed by atoms with van der Waals surface area (Å²) in [5.74, 6) is -0.590. The van der Waals surface area contributed by atoms with Gasteiger partial charge in [0.05, 0.1) is 24.6 Å². The number of alkyl halides is 3. The minimum absolute atomic E-state index is 0.0438. The number of fused-ring (bicyclic) bond motifs is 1. The molecule has 7 heteroatoms. The molecule has 0 amide bonds. The number of methoxy groups -OCH3 is 1. The van der Waals surface area contributed by atoms with Crippen molar-refractivity contribution in [3.63, 3.8) is 0 Å². The van der Waals surface area contributed by atoms with E-state index in [9.17, 15) is 13.2 Å². The van der Waals surface area contributed by atoms with Gasteiger partial charge in [-0.25, -0.2) is 0 Å². The molecule has 30 heavy (non-hydrogen) atoms. The molecule has 0 bridgehead atoms. The molecule has 1 aromatic heterocycles. The van der Waals surface area contributed by atoms with Gasteiger partial charge in [-0.3, -0.25) is 4.98 Å². The number of ether oxygens (including phenoxy) is 1. The Labute approximate surface area is 179 Å². The highest BCUT2D eigenvalue weighted by Crippen LogP contribution is 2.43. The van der Waals surface area contributed by atoms with Gasteiger partial charge in [-0.15, -0.1) is 0 Å². The van der Waals surface area contributed by atoms with Crippen LogP contribution in [0.1, 0.15) is 24.2 Å². The molecule has 2 unspecified atom stereocenters. The van der Waals surface area contributed by atoms with Gasteiger partial charge in [0.15, 0.2) is 0 Å². The Morgan fingerprint density at radius 3 is 2.53 bits per heavy atom. The van der Waals surface area contributed by atoms with E-state index in [1.807, 2.05) is 32.0 Å². The standard InChI is InChI=1S/C23H25F3N2OS/c1-4-30-14-18(23(24,25)26)22(17-8-5-6-11-21(17)29-3)28-20-10-7-9-19-16(20)13-12-15(2)27-19/h5-13,18,22,28H,4,14H2,1-3H3. The van der Waals surface area contributed by atoms with Crippen LogP contribution in [0, 0.1) is 12.8 Å². The molecule has 2 atom stereocenters. The number of aromatic nitrogens is 1. The van der Waals surface area contributed by atoms with Crippen LogP contribution in [0.2, 0.25) is 0 Å². The molecule has 3 nitrogen and oxygen atoms in total. The summed E-state index contributed by atoms with van der Waals surface area (Å²) >= 11 is 1.28. The number of pyridine rings is 1. The summed E-state index contributed by atoms with van der Waals surface area (Å²) in [6.07, 6.45) is -4.37. The van der Waals surface area contributed by atoms with Crippen LogP contribution in [-0.4, -0.2) is 29.8 Å². The smallest absolute Gasteiger partial charge is 0.394 e. The normalized spacial score (nSPS) is 13.8. The van der Waals surface area contributed by atoms with Crippen molar-refractivity contribution >= 4 is 28.4 Å². The van der Waals surface area contributed by atoms with Gasteiger partial charge >= 0.3 is 6.18 Å². The fraction of sp³-hybridized carbons (Fsp3) is 0.348. The average molecular weight is 435 g/mol. The molecular weight excluding hydrogens is 409 g/mol. The Bertz CT molecular complexity index is 994. The van der Waals surface area contributed by atoms with E-state index in [-0.39, 0.29) is 5.75 Å². The summed E-state index contributed by atoms with van der Waals surface area (Å²) in [5, 5.41) is 3.98. The number of benzene rings is 2. The van der Waals surface area contributed by atoms with Crippen LogP contribution in [0.3, 0.4) is 0 Å². The van der Waals surface area contributed by atoms with Gasteiger partial charge in [0.25, 0.3) is 0 Å². The van der Waals surface area contributed by atoms with Crippen LogP contribution in [0.4, 0.5) is 18.9 Å². The van der Waals surface area contributed by atoms with Gasteiger partial charge in [-0.2, -0.15) is 24.9 Å². The first kappa shape index (κ1) is 22.3. The first-order valence-electron chi connectivity index (χ1n) is 9.75. The second-order valence-corrected chi connectivity index (χ2v) is 8.32. The van der Waals surface area contributed by atoms with Crippen LogP contribution in [0.25, 0.3) is 10.9 Å². The topological polar surface area (TPSA) is 34.2 Å². The SMILES string of the molecule is CCSCC(C(Nc1cccc2nc(C)ccc12)c1ccccc1OC)C(F)(F)F. The number of nitrogens with zero attached hydrogens (tertiary/aromatic N) is 1. The van der Waals surface area contributed by atoms with Gasteiger partial charge < -0.3 is 10.1 Å². The van der Waals surface area contributed by atoms with E-state index in [0.29, 0.717) is 22.8 Å². The molecule has 0 aliphatic heterocycles. The molecule has 3 rings (SSSR count). The Balaban J connectivity index is 2.12. The van der Waals surface area contributed by atoms with E-state index < -0.39 is 18.1 Å². The Kier molecular flexibility index (Phi) is 7.13. The molecule has 0 spiro atoms. The highest BCUT2D eigenvalue weighted by molar-refractivity contribution is 7.99. The number of nitrogens with one attached hydrogen (secondary N) is 1. The van der Waals surface area contributed by atoms with Gasteiger partial charge in [-0.05, 0) is 43.0 Å². The zero-order valence-electron chi connectivity index (χ0n) is 17.2. The van der Waals surface area contributed by atoms with Gasteiger partial charge in [0, 0.05) is 28.1 Å². The Hall–Kier alpha value is -2.41. The van der Waals surface area contributed by atoms with Crippen molar-refractivity contribution in [3.05, 3.63) is 65.9 Å². The summed E-state index contributed by atoms with van der Waals surface area (Å²) in [4.78, 5) is 4.50. The lowest BCUT2D eigenvalue weighted by molar-refractivity contribution is -0.172. The third-order valence-corrected chi connectivity index (χ3v) is 5.98. The van der Waals surface area contributed by atoms with Crippen molar-refractivity contribution in [3.8, 4) is 5.75 Å². The molecule has 1 heterocycles. The van der Waals surface area contributed by atoms with Gasteiger partial charge in [-0.1, -0.05) is 31.2 Å². The molecule has 0 radical (unpaired) electrons. The summed E-state index contributed by atoms with van der Waals surface area (Å²) in [6, 6.07) is 15.1. The molecule has 0 fully saturated rings. The van der Waals surface area contributed by atoms with Crippen LogP contribution in [0.15, 0.2) is 54.6 Å². The molecule has 2 aromatic carbocycles. The molecule has 160 valence electrons.